The minimum Gasteiger partial charge on any atom is -0.444 e. The Morgan fingerprint density at radius 3 is 2.26 bits per heavy atom. The smallest absolute Gasteiger partial charge is 0.413 e. The van der Waals surface area contributed by atoms with Gasteiger partial charge in [0.05, 0.1) is 0 Å². The van der Waals surface area contributed by atoms with Crippen LogP contribution in [0.5, 0.6) is 0 Å². The van der Waals surface area contributed by atoms with E-state index >= 15 is 0 Å². The van der Waals surface area contributed by atoms with Gasteiger partial charge < -0.3 is 9.47 Å². The van der Waals surface area contributed by atoms with Gasteiger partial charge in [-0.15, -0.1) is 23.5 Å². The van der Waals surface area contributed by atoms with E-state index < -0.39 is 16.0 Å². The summed E-state index contributed by atoms with van der Waals surface area (Å²) in [5, 5.41) is 2.52. The summed E-state index contributed by atoms with van der Waals surface area (Å²) in [5.74, 6) is -0.0230. The van der Waals surface area contributed by atoms with Crippen LogP contribution in [0.15, 0.2) is 18.2 Å². The zero-order chi connectivity index (χ0) is 17.7. The van der Waals surface area contributed by atoms with Gasteiger partial charge in [-0.05, 0) is 45.4 Å². The lowest BCUT2D eigenvalue weighted by molar-refractivity contribution is 0.0634. The summed E-state index contributed by atoms with van der Waals surface area (Å²) < 4.78 is 9.47. The average Bonchev–Trinajstić information content (AvgIpc) is 2.47. The van der Waals surface area contributed by atoms with Crippen molar-refractivity contribution >= 4 is 41.2 Å². The van der Waals surface area contributed by atoms with E-state index in [1.165, 1.54) is 30.6 Å². The summed E-state index contributed by atoms with van der Waals surface area (Å²) in [5.41, 5.74) is -0.399. The number of ether oxygens (including phenoxy) is 2. The quantitative estimate of drug-likeness (QED) is 0.614. The molecule has 0 aromatic carbocycles. The molecular formula is C15H22N2O4S2. The average molecular weight is 358 g/mol. The summed E-state index contributed by atoms with van der Waals surface area (Å²) in [6.45, 7) is 5.30. The van der Waals surface area contributed by atoms with Crippen LogP contribution in [0.25, 0.3) is 0 Å². The molecule has 0 bridgehead atoms. The van der Waals surface area contributed by atoms with Gasteiger partial charge in [0.1, 0.15) is 17.1 Å². The number of aromatic nitrogens is 1. The van der Waals surface area contributed by atoms with E-state index in [-0.39, 0.29) is 17.3 Å². The number of anilines is 1. The number of carbonyl (C=O) groups excluding carboxylic acids is 2. The third-order valence-corrected chi connectivity index (χ3v) is 5.47. The minimum atomic E-state index is -1.06. The molecule has 0 unspecified atom stereocenters. The number of nitrogens with zero attached hydrogens (tertiary/aromatic N) is 1. The van der Waals surface area contributed by atoms with E-state index in [0.717, 1.165) is 0 Å². The van der Waals surface area contributed by atoms with Crippen LogP contribution in [0, 0.1) is 0 Å². The Hall–Kier alpha value is -1.25. The van der Waals surface area contributed by atoms with Crippen LogP contribution in [0.3, 0.4) is 0 Å². The minimum absolute atomic E-state index is 0.212. The fourth-order valence-electron chi connectivity index (χ4n) is 1.72. The Morgan fingerprint density at radius 2 is 1.78 bits per heavy atom. The maximum Gasteiger partial charge on any atom is 0.413 e. The largest absolute Gasteiger partial charge is 0.444 e. The van der Waals surface area contributed by atoms with Crippen LogP contribution >= 0.6 is 23.5 Å². The van der Waals surface area contributed by atoms with Gasteiger partial charge in [-0.3, -0.25) is 10.1 Å². The number of Topliss-reactive ketones (excluding diaryl/α,β-unsaturated/α-hetero) is 1. The van der Waals surface area contributed by atoms with E-state index in [0.29, 0.717) is 0 Å². The van der Waals surface area contributed by atoms with Crippen LogP contribution in [0.2, 0.25) is 0 Å². The lowest BCUT2D eigenvalue weighted by Crippen LogP contribution is -2.34. The topological polar surface area (TPSA) is 77.5 Å². The number of methoxy groups -OCH3 is 1. The van der Waals surface area contributed by atoms with E-state index in [4.69, 9.17) is 9.47 Å². The molecule has 0 atom stereocenters. The van der Waals surface area contributed by atoms with Gasteiger partial charge in [0.15, 0.2) is 0 Å². The van der Waals surface area contributed by atoms with Gasteiger partial charge in [0, 0.05) is 7.11 Å². The molecule has 0 aliphatic carbocycles. The summed E-state index contributed by atoms with van der Waals surface area (Å²) in [6.07, 6.45) is 2.96. The number of rotatable bonds is 6. The van der Waals surface area contributed by atoms with Crippen molar-refractivity contribution in [2.45, 2.75) is 30.6 Å². The molecule has 1 aromatic heterocycles. The first kappa shape index (κ1) is 19.8. The van der Waals surface area contributed by atoms with Crippen LogP contribution in [-0.2, 0) is 9.47 Å². The summed E-state index contributed by atoms with van der Waals surface area (Å²) in [6, 6.07) is 4.82. The van der Waals surface area contributed by atoms with Crippen molar-refractivity contribution < 1.29 is 19.1 Å². The molecule has 128 valence electrons. The molecule has 1 N–H and O–H groups in total. The zero-order valence-electron chi connectivity index (χ0n) is 14.1. The second-order valence-corrected chi connectivity index (χ2v) is 7.76. The van der Waals surface area contributed by atoms with Crippen LogP contribution < -0.4 is 5.32 Å². The lowest BCUT2D eigenvalue weighted by Gasteiger charge is -2.26. The van der Waals surface area contributed by atoms with Gasteiger partial charge >= 0.3 is 6.09 Å². The molecule has 1 rings (SSSR count). The van der Waals surface area contributed by atoms with Crippen LogP contribution in [0.4, 0.5) is 10.6 Å². The van der Waals surface area contributed by atoms with Gasteiger partial charge in [-0.25, -0.2) is 9.78 Å². The monoisotopic (exact) mass is 358 g/mol. The molecule has 0 saturated heterocycles. The number of carbonyl (C=O) groups is 2. The maximum atomic E-state index is 12.7. The van der Waals surface area contributed by atoms with Crippen LogP contribution in [-0.4, -0.2) is 46.3 Å². The standard InChI is InChI=1S/C15H22N2O4S2/c1-14(2,3)21-13(19)17-11-9-7-8-10(16-11)12(18)15(20-4,22-5)23-6/h7-9H,1-6H3,(H,16,17,19). The fraction of sp³-hybridized carbons (Fsp3) is 0.533. The number of ketones is 1. The highest BCUT2D eigenvalue weighted by molar-refractivity contribution is 8.18. The Balaban J connectivity index is 2.97. The Bertz CT molecular complexity index is 561. The number of thioether (sulfide) groups is 2. The molecule has 1 amide bonds. The van der Waals surface area contributed by atoms with Crippen molar-refractivity contribution in [2.75, 3.05) is 24.9 Å². The van der Waals surface area contributed by atoms with E-state index in [2.05, 4.69) is 10.3 Å². The normalized spacial score (nSPS) is 11.9. The van der Waals surface area contributed by atoms with Crippen molar-refractivity contribution in [3.63, 3.8) is 0 Å². The summed E-state index contributed by atoms with van der Waals surface area (Å²) in [7, 11) is 1.48. The molecule has 23 heavy (non-hydrogen) atoms. The second kappa shape index (κ2) is 8.03. The van der Waals surface area contributed by atoms with E-state index in [1.807, 2.05) is 0 Å². The Morgan fingerprint density at radius 1 is 1.17 bits per heavy atom. The number of amides is 1. The van der Waals surface area contributed by atoms with Crippen molar-refractivity contribution in [1.82, 2.24) is 4.98 Å². The lowest BCUT2D eigenvalue weighted by atomic mass is 10.2. The molecular weight excluding hydrogens is 336 g/mol. The Labute approximate surface area is 145 Å². The summed E-state index contributed by atoms with van der Waals surface area (Å²) >= 11 is 2.57. The van der Waals surface area contributed by atoms with Gasteiger partial charge in [0.25, 0.3) is 0 Å². The van der Waals surface area contributed by atoms with E-state index in [1.54, 1.807) is 51.5 Å². The molecule has 6 nitrogen and oxygen atoms in total. The maximum absolute atomic E-state index is 12.7. The highest BCUT2D eigenvalue weighted by Crippen LogP contribution is 2.37. The predicted molar refractivity (Wildman–Crippen MR) is 95.2 cm³/mol. The third-order valence-electron chi connectivity index (χ3n) is 2.70. The van der Waals surface area contributed by atoms with Crippen molar-refractivity contribution in [1.29, 1.82) is 0 Å². The molecule has 0 aliphatic heterocycles. The van der Waals surface area contributed by atoms with Crippen molar-refractivity contribution in [2.24, 2.45) is 0 Å². The zero-order valence-corrected chi connectivity index (χ0v) is 15.8. The molecule has 1 heterocycles. The highest BCUT2D eigenvalue weighted by Gasteiger charge is 2.38. The van der Waals surface area contributed by atoms with Gasteiger partial charge in [-0.1, -0.05) is 6.07 Å². The highest BCUT2D eigenvalue weighted by atomic mass is 32.2. The number of hydrogen-bond donors (Lipinski definition) is 1. The molecule has 0 aliphatic rings. The first-order chi connectivity index (χ1) is 10.7. The molecule has 8 heteroatoms. The number of hydrogen-bond acceptors (Lipinski definition) is 7. The molecule has 0 fully saturated rings. The predicted octanol–water partition coefficient (Wildman–Crippen LogP) is 3.64. The molecule has 0 radical (unpaired) electrons. The first-order valence-corrected chi connectivity index (χ1v) is 9.29. The van der Waals surface area contributed by atoms with Crippen molar-refractivity contribution in [3.8, 4) is 0 Å². The molecule has 1 aromatic rings. The summed E-state index contributed by atoms with van der Waals surface area (Å²) in [4.78, 5) is 28.6. The number of pyridine rings is 1. The van der Waals surface area contributed by atoms with Crippen molar-refractivity contribution in [3.05, 3.63) is 23.9 Å². The third kappa shape index (κ3) is 5.40. The Kier molecular flexibility index (Phi) is 6.91. The second-order valence-electron chi connectivity index (χ2n) is 5.53. The van der Waals surface area contributed by atoms with E-state index in [9.17, 15) is 9.59 Å². The first-order valence-electron chi connectivity index (χ1n) is 6.84. The molecule has 0 spiro atoms. The number of nitrogens with one attached hydrogen (secondary N) is 1. The molecule has 0 saturated carbocycles. The fourth-order valence-corrected chi connectivity index (χ4v) is 3.30. The SMILES string of the molecule is COC(SC)(SC)C(=O)c1cccc(NC(=O)OC(C)(C)C)n1. The van der Waals surface area contributed by atoms with Gasteiger partial charge in [0.2, 0.25) is 10.0 Å². The van der Waals surface area contributed by atoms with Gasteiger partial charge in [-0.2, -0.15) is 0 Å². The van der Waals surface area contributed by atoms with Crippen LogP contribution in [0.1, 0.15) is 31.3 Å².